The first-order valence-corrected chi connectivity index (χ1v) is 3.30. The van der Waals surface area contributed by atoms with Gasteiger partial charge in [-0.05, 0) is 19.1 Å². The van der Waals surface area contributed by atoms with Crippen LogP contribution in [-0.2, 0) is 7.05 Å². The number of nitrogen functional groups attached to an aromatic ring is 1. The van der Waals surface area contributed by atoms with Crippen LogP contribution in [0, 0.1) is 6.92 Å². The summed E-state index contributed by atoms with van der Waals surface area (Å²) in [5.41, 5.74) is 3.68. The summed E-state index contributed by atoms with van der Waals surface area (Å²) < 4.78 is 1.78. The predicted octanol–water partition coefficient (Wildman–Crippen LogP) is 0.359. The highest BCUT2D eigenvalue weighted by Crippen LogP contribution is 2.04. The minimum atomic E-state index is -0.263. The van der Waals surface area contributed by atoms with Crippen LogP contribution < -0.4 is 11.3 Å². The molecule has 0 aliphatic carbocycles. The number of aromatic nitrogens is 1. The van der Waals surface area contributed by atoms with Crippen molar-refractivity contribution >= 4 is 18.3 Å². The molecule has 0 atom stereocenters. The Bertz CT molecular complexity index is 282. The largest absolute Gasteiger partial charge is 0.344 e. The average Bonchev–Trinajstić information content (AvgIpc) is 2.32. The maximum atomic E-state index is 11.0. The van der Waals surface area contributed by atoms with E-state index in [0.29, 0.717) is 5.69 Å². The van der Waals surface area contributed by atoms with Gasteiger partial charge in [-0.2, -0.15) is 0 Å². The molecule has 68 valence electrons. The van der Waals surface area contributed by atoms with Crippen molar-refractivity contribution in [1.82, 2.24) is 9.99 Å². The van der Waals surface area contributed by atoms with Crippen molar-refractivity contribution in [1.29, 1.82) is 0 Å². The molecule has 0 aliphatic rings. The Kier molecular flexibility index (Phi) is 3.79. The number of carbonyl (C=O) groups excluding carboxylic acids is 1. The predicted molar refractivity (Wildman–Crippen MR) is 49.1 cm³/mol. The Morgan fingerprint density at radius 2 is 2.17 bits per heavy atom. The Hall–Kier alpha value is -1.00. The number of nitrogens with one attached hydrogen (secondary N) is 1. The number of rotatable bonds is 1. The number of carbonyl (C=O) groups is 1. The molecule has 1 aromatic rings. The van der Waals surface area contributed by atoms with E-state index in [4.69, 9.17) is 5.84 Å². The molecule has 0 aromatic carbocycles. The number of aryl methyl sites for hydroxylation is 1. The summed E-state index contributed by atoms with van der Waals surface area (Å²) in [5, 5.41) is 0. The smallest absolute Gasteiger partial charge is 0.281 e. The van der Waals surface area contributed by atoms with Crippen molar-refractivity contribution < 1.29 is 4.79 Å². The van der Waals surface area contributed by atoms with Crippen molar-refractivity contribution in [3.8, 4) is 0 Å². The minimum Gasteiger partial charge on any atom is -0.344 e. The molecule has 0 fully saturated rings. The molecule has 1 aromatic heterocycles. The lowest BCUT2D eigenvalue weighted by Crippen LogP contribution is -2.31. The van der Waals surface area contributed by atoms with Crippen LogP contribution in [0.2, 0.25) is 0 Å². The standard InChI is InChI=1S/C7H11N3O.ClH/c1-5-3-4-6(10(5)2)7(11)9-8;/h3-4H,8H2,1-2H3,(H,9,11);1H. The second kappa shape index (κ2) is 4.13. The molecular weight excluding hydrogens is 178 g/mol. The van der Waals surface area contributed by atoms with Gasteiger partial charge < -0.3 is 4.57 Å². The Labute approximate surface area is 77.1 Å². The molecule has 0 radical (unpaired) electrons. The SMILES string of the molecule is Cc1ccc(C(=O)NN)n1C.Cl. The Balaban J connectivity index is 0.00000121. The van der Waals surface area contributed by atoms with E-state index in [2.05, 4.69) is 5.43 Å². The molecule has 3 N–H and O–H groups in total. The van der Waals surface area contributed by atoms with Crippen LogP contribution in [0.25, 0.3) is 0 Å². The van der Waals surface area contributed by atoms with Gasteiger partial charge in [0.05, 0.1) is 0 Å². The molecule has 4 nitrogen and oxygen atoms in total. The van der Waals surface area contributed by atoms with E-state index in [-0.39, 0.29) is 18.3 Å². The number of hydrogen-bond donors (Lipinski definition) is 2. The third-order valence-electron chi connectivity index (χ3n) is 1.74. The zero-order valence-corrected chi connectivity index (χ0v) is 7.81. The molecule has 1 amide bonds. The van der Waals surface area contributed by atoms with Crippen molar-refractivity contribution in [2.75, 3.05) is 0 Å². The van der Waals surface area contributed by atoms with Gasteiger partial charge in [-0.3, -0.25) is 10.2 Å². The van der Waals surface area contributed by atoms with Gasteiger partial charge in [0.2, 0.25) is 0 Å². The Morgan fingerprint density at radius 1 is 1.58 bits per heavy atom. The van der Waals surface area contributed by atoms with Crippen LogP contribution >= 0.6 is 12.4 Å². The summed E-state index contributed by atoms with van der Waals surface area (Å²) in [4.78, 5) is 11.0. The summed E-state index contributed by atoms with van der Waals surface area (Å²) in [7, 11) is 1.82. The normalized spacial score (nSPS) is 8.92. The molecule has 0 unspecified atom stereocenters. The van der Waals surface area contributed by atoms with Crippen LogP contribution in [0.1, 0.15) is 16.2 Å². The third kappa shape index (κ3) is 1.78. The molecule has 0 bridgehead atoms. The summed E-state index contributed by atoms with van der Waals surface area (Å²) in [6.45, 7) is 1.92. The van der Waals surface area contributed by atoms with Crippen LogP contribution in [0.5, 0.6) is 0 Å². The van der Waals surface area contributed by atoms with E-state index >= 15 is 0 Å². The van der Waals surface area contributed by atoms with E-state index in [0.717, 1.165) is 5.69 Å². The fourth-order valence-corrected chi connectivity index (χ4v) is 0.915. The number of nitrogens with two attached hydrogens (primary N) is 1. The number of hydrogen-bond acceptors (Lipinski definition) is 2. The maximum Gasteiger partial charge on any atom is 0.281 e. The van der Waals surface area contributed by atoms with Gasteiger partial charge in [0, 0.05) is 12.7 Å². The molecule has 12 heavy (non-hydrogen) atoms. The van der Waals surface area contributed by atoms with Gasteiger partial charge in [0.25, 0.3) is 5.91 Å². The lowest BCUT2D eigenvalue weighted by Gasteiger charge is -2.01. The first kappa shape index (κ1) is 11.0. The van der Waals surface area contributed by atoms with Crippen molar-refractivity contribution in [2.24, 2.45) is 12.9 Å². The van der Waals surface area contributed by atoms with E-state index in [1.54, 1.807) is 10.6 Å². The summed E-state index contributed by atoms with van der Waals surface area (Å²) in [6.07, 6.45) is 0. The fourth-order valence-electron chi connectivity index (χ4n) is 0.915. The van der Waals surface area contributed by atoms with Gasteiger partial charge in [-0.25, -0.2) is 5.84 Å². The average molecular weight is 190 g/mol. The van der Waals surface area contributed by atoms with E-state index in [1.165, 1.54) is 0 Å². The van der Waals surface area contributed by atoms with E-state index < -0.39 is 0 Å². The summed E-state index contributed by atoms with van der Waals surface area (Å²) in [5.74, 6) is 4.71. The summed E-state index contributed by atoms with van der Waals surface area (Å²) in [6, 6.07) is 3.60. The van der Waals surface area contributed by atoms with Crippen molar-refractivity contribution in [3.05, 3.63) is 23.5 Å². The Morgan fingerprint density at radius 3 is 2.50 bits per heavy atom. The molecule has 0 spiro atoms. The van der Waals surface area contributed by atoms with Gasteiger partial charge in [-0.1, -0.05) is 0 Å². The van der Waals surface area contributed by atoms with Gasteiger partial charge in [0.1, 0.15) is 5.69 Å². The zero-order valence-electron chi connectivity index (χ0n) is 7.00. The van der Waals surface area contributed by atoms with E-state index in [1.807, 2.05) is 20.0 Å². The third-order valence-corrected chi connectivity index (χ3v) is 1.74. The number of halogens is 1. The zero-order chi connectivity index (χ0) is 8.43. The number of nitrogens with zero attached hydrogens (tertiary/aromatic N) is 1. The van der Waals surface area contributed by atoms with Gasteiger partial charge in [-0.15, -0.1) is 12.4 Å². The van der Waals surface area contributed by atoms with Crippen LogP contribution in [-0.4, -0.2) is 10.5 Å². The highest BCUT2D eigenvalue weighted by atomic mass is 35.5. The topological polar surface area (TPSA) is 60.1 Å². The quantitative estimate of drug-likeness (QED) is 0.381. The molecule has 1 rings (SSSR count). The molecule has 1 heterocycles. The summed E-state index contributed by atoms with van der Waals surface area (Å²) >= 11 is 0. The maximum absolute atomic E-state index is 11.0. The van der Waals surface area contributed by atoms with Gasteiger partial charge >= 0.3 is 0 Å². The second-order valence-electron chi connectivity index (χ2n) is 2.39. The van der Waals surface area contributed by atoms with Crippen LogP contribution in [0.3, 0.4) is 0 Å². The van der Waals surface area contributed by atoms with Crippen LogP contribution in [0.4, 0.5) is 0 Å². The fraction of sp³-hybridized carbons (Fsp3) is 0.286. The molecular formula is C7H12ClN3O. The minimum absolute atomic E-state index is 0. The number of hydrazine groups is 1. The highest BCUT2D eigenvalue weighted by molar-refractivity contribution is 5.92. The second-order valence-corrected chi connectivity index (χ2v) is 2.39. The van der Waals surface area contributed by atoms with Crippen molar-refractivity contribution in [3.63, 3.8) is 0 Å². The highest BCUT2D eigenvalue weighted by Gasteiger charge is 2.07. The molecule has 0 saturated heterocycles. The lowest BCUT2D eigenvalue weighted by molar-refractivity contribution is 0.0945. The monoisotopic (exact) mass is 189 g/mol. The van der Waals surface area contributed by atoms with Crippen molar-refractivity contribution in [2.45, 2.75) is 6.92 Å². The number of amides is 1. The van der Waals surface area contributed by atoms with E-state index in [9.17, 15) is 4.79 Å². The van der Waals surface area contributed by atoms with Gasteiger partial charge in [0.15, 0.2) is 0 Å². The molecule has 0 aliphatic heterocycles. The molecule has 5 heteroatoms. The molecule has 0 saturated carbocycles. The first-order valence-electron chi connectivity index (χ1n) is 3.30. The lowest BCUT2D eigenvalue weighted by atomic mass is 10.4. The van der Waals surface area contributed by atoms with Crippen LogP contribution in [0.15, 0.2) is 12.1 Å². The first-order chi connectivity index (χ1) is 5.16.